The first-order chi connectivity index (χ1) is 10.3. The SMILES string of the molecule is Cc1nnc(CN[C@H](C)[C@@H](C)c2ccccc2C(F)(F)F)o1. The normalized spacial score (nSPS) is 14.8. The molecule has 0 unspecified atom stereocenters. The molecule has 0 saturated carbocycles. The highest BCUT2D eigenvalue weighted by Gasteiger charge is 2.34. The summed E-state index contributed by atoms with van der Waals surface area (Å²) in [5.74, 6) is 0.558. The van der Waals surface area contributed by atoms with Crippen molar-refractivity contribution in [2.24, 2.45) is 0 Å². The summed E-state index contributed by atoms with van der Waals surface area (Å²) in [6.07, 6.45) is -4.35. The van der Waals surface area contributed by atoms with Crippen LogP contribution in [0, 0.1) is 6.92 Å². The third-order valence-electron chi connectivity index (χ3n) is 3.65. The molecule has 7 heteroatoms. The van der Waals surface area contributed by atoms with E-state index in [1.54, 1.807) is 19.9 Å². The van der Waals surface area contributed by atoms with Gasteiger partial charge in [0, 0.05) is 13.0 Å². The number of rotatable bonds is 5. The Kier molecular flexibility index (Phi) is 4.85. The van der Waals surface area contributed by atoms with Crippen molar-refractivity contribution in [3.8, 4) is 0 Å². The van der Waals surface area contributed by atoms with Gasteiger partial charge in [0.15, 0.2) is 0 Å². The molecule has 120 valence electrons. The lowest BCUT2D eigenvalue weighted by Gasteiger charge is -2.24. The summed E-state index contributed by atoms with van der Waals surface area (Å²) in [7, 11) is 0. The zero-order chi connectivity index (χ0) is 16.3. The van der Waals surface area contributed by atoms with Crippen molar-refractivity contribution in [2.45, 2.75) is 45.5 Å². The van der Waals surface area contributed by atoms with Crippen LogP contribution in [0.4, 0.5) is 13.2 Å². The van der Waals surface area contributed by atoms with Gasteiger partial charge in [0.25, 0.3) is 0 Å². The maximum atomic E-state index is 13.1. The van der Waals surface area contributed by atoms with E-state index in [1.165, 1.54) is 12.1 Å². The molecule has 0 bridgehead atoms. The summed E-state index contributed by atoms with van der Waals surface area (Å²) in [5, 5.41) is 10.7. The van der Waals surface area contributed by atoms with Gasteiger partial charge in [-0.2, -0.15) is 13.2 Å². The molecule has 1 heterocycles. The van der Waals surface area contributed by atoms with E-state index in [1.807, 2.05) is 6.92 Å². The van der Waals surface area contributed by atoms with Gasteiger partial charge in [-0.3, -0.25) is 0 Å². The summed E-state index contributed by atoms with van der Waals surface area (Å²) in [4.78, 5) is 0. The van der Waals surface area contributed by atoms with Crippen molar-refractivity contribution in [2.75, 3.05) is 0 Å². The van der Waals surface area contributed by atoms with Gasteiger partial charge in [-0.25, -0.2) is 0 Å². The fourth-order valence-corrected chi connectivity index (χ4v) is 2.26. The third-order valence-corrected chi connectivity index (χ3v) is 3.65. The molecule has 0 aliphatic heterocycles. The average Bonchev–Trinajstić information content (AvgIpc) is 2.88. The minimum absolute atomic E-state index is 0.185. The minimum Gasteiger partial charge on any atom is -0.424 e. The first kappa shape index (κ1) is 16.5. The molecular formula is C15H18F3N3O. The van der Waals surface area contributed by atoms with E-state index in [0.717, 1.165) is 6.07 Å². The van der Waals surface area contributed by atoms with Gasteiger partial charge in [-0.05, 0) is 24.5 Å². The van der Waals surface area contributed by atoms with E-state index in [0.29, 0.717) is 18.3 Å². The van der Waals surface area contributed by atoms with Gasteiger partial charge in [0.1, 0.15) is 0 Å². The van der Waals surface area contributed by atoms with Crippen LogP contribution in [0.3, 0.4) is 0 Å². The van der Waals surface area contributed by atoms with Gasteiger partial charge in [-0.15, -0.1) is 10.2 Å². The van der Waals surface area contributed by atoms with Gasteiger partial charge in [0.05, 0.1) is 12.1 Å². The molecule has 0 aliphatic rings. The molecule has 0 fully saturated rings. The van der Waals surface area contributed by atoms with Crippen molar-refractivity contribution < 1.29 is 17.6 Å². The predicted molar refractivity (Wildman–Crippen MR) is 75.2 cm³/mol. The molecular weight excluding hydrogens is 295 g/mol. The standard InChI is InChI=1S/C15H18F3N3O/c1-9(10(2)19-8-14-21-20-11(3)22-14)12-6-4-5-7-13(12)15(16,17)18/h4-7,9-10,19H,8H2,1-3H3/t9-,10-/m1/s1. The maximum absolute atomic E-state index is 13.1. The largest absolute Gasteiger partial charge is 0.424 e. The monoisotopic (exact) mass is 313 g/mol. The highest BCUT2D eigenvalue weighted by molar-refractivity contribution is 5.33. The van der Waals surface area contributed by atoms with Crippen LogP contribution in [0.25, 0.3) is 0 Å². The van der Waals surface area contributed by atoms with E-state index < -0.39 is 11.7 Å². The molecule has 2 rings (SSSR count). The zero-order valence-electron chi connectivity index (χ0n) is 12.6. The lowest BCUT2D eigenvalue weighted by Crippen LogP contribution is -2.31. The quantitative estimate of drug-likeness (QED) is 0.915. The fraction of sp³-hybridized carbons (Fsp3) is 0.467. The van der Waals surface area contributed by atoms with Crippen molar-refractivity contribution >= 4 is 0 Å². The Morgan fingerprint density at radius 2 is 1.86 bits per heavy atom. The van der Waals surface area contributed by atoms with Crippen LogP contribution >= 0.6 is 0 Å². The Labute approximate surface area is 126 Å². The number of benzene rings is 1. The molecule has 0 saturated heterocycles. The number of aryl methyl sites for hydroxylation is 1. The Balaban J connectivity index is 2.09. The van der Waals surface area contributed by atoms with Crippen molar-refractivity contribution in [3.05, 3.63) is 47.2 Å². The highest BCUT2D eigenvalue weighted by atomic mass is 19.4. The summed E-state index contributed by atoms with van der Waals surface area (Å²) in [6, 6.07) is 5.46. The number of nitrogens with zero attached hydrogens (tertiary/aromatic N) is 2. The van der Waals surface area contributed by atoms with Crippen molar-refractivity contribution in [3.63, 3.8) is 0 Å². The van der Waals surface area contributed by atoms with Crippen LogP contribution in [0.1, 0.15) is 42.7 Å². The van der Waals surface area contributed by atoms with Crippen LogP contribution < -0.4 is 5.32 Å². The second-order valence-corrected chi connectivity index (χ2v) is 5.26. The molecule has 4 nitrogen and oxygen atoms in total. The topological polar surface area (TPSA) is 51.0 Å². The van der Waals surface area contributed by atoms with Gasteiger partial charge >= 0.3 is 6.18 Å². The second kappa shape index (κ2) is 6.48. The molecule has 1 N–H and O–H groups in total. The number of halogens is 3. The third kappa shape index (κ3) is 3.85. The number of nitrogens with one attached hydrogen (secondary N) is 1. The van der Waals surface area contributed by atoms with E-state index >= 15 is 0 Å². The zero-order valence-corrected chi connectivity index (χ0v) is 12.6. The molecule has 0 radical (unpaired) electrons. The van der Waals surface area contributed by atoms with Crippen molar-refractivity contribution in [1.82, 2.24) is 15.5 Å². The van der Waals surface area contributed by atoms with Crippen molar-refractivity contribution in [1.29, 1.82) is 0 Å². The molecule has 1 aromatic carbocycles. The lowest BCUT2D eigenvalue weighted by atomic mass is 9.90. The number of hydrogen-bond acceptors (Lipinski definition) is 4. The van der Waals surface area contributed by atoms with Gasteiger partial charge < -0.3 is 9.73 Å². The Bertz CT molecular complexity index is 624. The van der Waals surface area contributed by atoms with E-state index in [9.17, 15) is 13.2 Å². The van der Waals surface area contributed by atoms with E-state index in [4.69, 9.17) is 4.42 Å². The molecule has 2 aromatic rings. The van der Waals surface area contributed by atoms with Crippen LogP contribution in [-0.2, 0) is 12.7 Å². The predicted octanol–water partition coefficient (Wildman–Crippen LogP) is 3.68. The first-order valence-corrected chi connectivity index (χ1v) is 6.97. The molecule has 1 aromatic heterocycles. The Hall–Kier alpha value is -1.89. The van der Waals surface area contributed by atoms with E-state index in [-0.39, 0.29) is 17.5 Å². The smallest absolute Gasteiger partial charge is 0.416 e. The minimum atomic E-state index is -4.35. The van der Waals surface area contributed by atoms with Crippen LogP contribution in [-0.4, -0.2) is 16.2 Å². The summed E-state index contributed by atoms with van der Waals surface area (Å²) in [6.45, 7) is 5.60. The molecule has 22 heavy (non-hydrogen) atoms. The number of aromatic nitrogens is 2. The molecule has 2 atom stereocenters. The van der Waals surface area contributed by atoms with Crippen LogP contribution in [0.5, 0.6) is 0 Å². The molecule has 0 spiro atoms. The summed E-state index contributed by atoms with van der Waals surface area (Å²) >= 11 is 0. The summed E-state index contributed by atoms with van der Waals surface area (Å²) in [5.41, 5.74) is -0.318. The van der Waals surface area contributed by atoms with Crippen LogP contribution in [0.2, 0.25) is 0 Å². The summed E-state index contributed by atoms with van der Waals surface area (Å²) < 4.78 is 44.4. The number of alkyl halides is 3. The Morgan fingerprint density at radius 3 is 2.45 bits per heavy atom. The molecule has 0 aliphatic carbocycles. The Morgan fingerprint density at radius 1 is 1.18 bits per heavy atom. The second-order valence-electron chi connectivity index (χ2n) is 5.26. The van der Waals surface area contributed by atoms with Crippen LogP contribution in [0.15, 0.2) is 28.7 Å². The van der Waals surface area contributed by atoms with E-state index in [2.05, 4.69) is 15.5 Å². The highest BCUT2D eigenvalue weighted by Crippen LogP contribution is 2.35. The number of hydrogen-bond donors (Lipinski definition) is 1. The van der Waals surface area contributed by atoms with Gasteiger partial charge in [-0.1, -0.05) is 25.1 Å². The maximum Gasteiger partial charge on any atom is 0.416 e. The first-order valence-electron chi connectivity index (χ1n) is 6.97. The lowest BCUT2D eigenvalue weighted by molar-refractivity contribution is -0.138. The fourth-order valence-electron chi connectivity index (χ4n) is 2.26. The molecule has 0 amide bonds. The van der Waals surface area contributed by atoms with Gasteiger partial charge in [0.2, 0.25) is 11.8 Å². The average molecular weight is 313 g/mol.